The Labute approximate surface area is 110 Å². The third kappa shape index (κ3) is 3.21. The molecular weight excluding hydrogens is 218 g/mol. The minimum absolute atomic E-state index is 0.380. The Bertz CT molecular complexity index is 499. The Kier molecular flexibility index (Phi) is 4.16. The zero-order valence-corrected chi connectivity index (χ0v) is 11.4. The molecule has 2 aromatic carbocycles. The first-order valence-electron chi connectivity index (χ1n) is 6.51. The molecule has 0 aromatic heterocycles. The Balaban J connectivity index is 1.98. The largest absolute Gasteiger partial charge is 0.306 e. The molecule has 0 aliphatic carbocycles. The highest BCUT2D eigenvalue weighted by molar-refractivity contribution is 5.27. The summed E-state index contributed by atoms with van der Waals surface area (Å²) in [6.45, 7) is 7.41. The summed E-state index contributed by atoms with van der Waals surface area (Å²) in [5.74, 6) is 0. The van der Waals surface area contributed by atoms with Crippen LogP contribution in [-0.2, 0) is 6.54 Å². The predicted molar refractivity (Wildman–Crippen MR) is 77.6 cm³/mol. The van der Waals surface area contributed by atoms with Gasteiger partial charge in [0.1, 0.15) is 0 Å². The highest BCUT2D eigenvalue weighted by atomic mass is 14.9. The van der Waals surface area contributed by atoms with Gasteiger partial charge < -0.3 is 5.32 Å². The van der Waals surface area contributed by atoms with Gasteiger partial charge >= 0.3 is 0 Å². The highest BCUT2D eigenvalue weighted by Gasteiger charge is 2.05. The maximum absolute atomic E-state index is 3.58. The van der Waals surface area contributed by atoms with Crippen LogP contribution in [0, 0.1) is 13.8 Å². The lowest BCUT2D eigenvalue weighted by atomic mass is 10.1. The molecule has 0 saturated carbocycles. The number of nitrogens with one attached hydrogen (secondary N) is 1. The van der Waals surface area contributed by atoms with Crippen molar-refractivity contribution in [3.05, 3.63) is 70.8 Å². The summed E-state index contributed by atoms with van der Waals surface area (Å²) in [5.41, 5.74) is 5.37. The van der Waals surface area contributed by atoms with Crippen LogP contribution in [0.3, 0.4) is 0 Å². The average molecular weight is 239 g/mol. The van der Waals surface area contributed by atoms with Crippen molar-refractivity contribution in [2.24, 2.45) is 0 Å². The molecule has 1 heteroatoms. The number of aryl methyl sites for hydroxylation is 2. The molecule has 0 saturated heterocycles. The van der Waals surface area contributed by atoms with Crippen LogP contribution in [0.1, 0.15) is 35.2 Å². The molecule has 0 heterocycles. The summed E-state index contributed by atoms with van der Waals surface area (Å²) in [7, 11) is 0. The maximum atomic E-state index is 3.58. The summed E-state index contributed by atoms with van der Waals surface area (Å²) in [6, 6.07) is 17.6. The molecule has 0 bridgehead atoms. The lowest BCUT2D eigenvalue weighted by Gasteiger charge is -2.15. The van der Waals surface area contributed by atoms with Gasteiger partial charge in [0, 0.05) is 12.6 Å². The Morgan fingerprint density at radius 1 is 0.944 bits per heavy atom. The van der Waals surface area contributed by atoms with Gasteiger partial charge in [-0.1, -0.05) is 54.1 Å². The molecule has 0 aliphatic heterocycles. The van der Waals surface area contributed by atoms with Gasteiger partial charge in [-0.05, 0) is 37.5 Å². The van der Waals surface area contributed by atoms with E-state index in [1.807, 2.05) is 0 Å². The summed E-state index contributed by atoms with van der Waals surface area (Å²) < 4.78 is 0. The van der Waals surface area contributed by atoms with Crippen LogP contribution in [0.4, 0.5) is 0 Å². The Morgan fingerprint density at radius 3 is 2.28 bits per heavy atom. The second kappa shape index (κ2) is 5.83. The molecule has 18 heavy (non-hydrogen) atoms. The van der Waals surface area contributed by atoms with E-state index in [-0.39, 0.29) is 0 Å². The molecule has 0 unspecified atom stereocenters. The number of hydrogen-bond donors (Lipinski definition) is 1. The normalized spacial score (nSPS) is 12.4. The number of rotatable bonds is 4. The third-order valence-electron chi connectivity index (χ3n) is 3.44. The van der Waals surface area contributed by atoms with Crippen LogP contribution in [0.5, 0.6) is 0 Å². The molecule has 0 spiro atoms. The molecule has 1 N–H and O–H groups in total. The highest BCUT2D eigenvalue weighted by Crippen LogP contribution is 2.14. The quantitative estimate of drug-likeness (QED) is 0.845. The topological polar surface area (TPSA) is 12.0 Å². The standard InChI is InChI=1S/C17H21N/c1-13-8-10-16(11-9-13)15(3)18-12-17-7-5-4-6-14(17)2/h4-11,15,18H,12H2,1-3H3/t15-/m1/s1. The van der Waals surface area contributed by atoms with E-state index in [1.165, 1.54) is 22.3 Å². The summed E-state index contributed by atoms with van der Waals surface area (Å²) in [5, 5.41) is 3.58. The van der Waals surface area contributed by atoms with Crippen LogP contribution < -0.4 is 5.32 Å². The van der Waals surface area contributed by atoms with Gasteiger partial charge in [0.15, 0.2) is 0 Å². The molecule has 0 aliphatic rings. The first kappa shape index (κ1) is 12.8. The van der Waals surface area contributed by atoms with Crippen LogP contribution >= 0.6 is 0 Å². The SMILES string of the molecule is Cc1ccc([C@@H](C)NCc2ccccc2C)cc1. The molecule has 2 rings (SSSR count). The lowest BCUT2D eigenvalue weighted by molar-refractivity contribution is 0.573. The summed E-state index contributed by atoms with van der Waals surface area (Å²) in [4.78, 5) is 0. The molecule has 1 atom stereocenters. The van der Waals surface area contributed by atoms with Crippen LogP contribution in [0.15, 0.2) is 48.5 Å². The van der Waals surface area contributed by atoms with E-state index in [9.17, 15) is 0 Å². The van der Waals surface area contributed by atoms with E-state index < -0.39 is 0 Å². The minimum Gasteiger partial charge on any atom is -0.306 e. The van der Waals surface area contributed by atoms with E-state index in [2.05, 4.69) is 74.6 Å². The average Bonchev–Trinajstić information content (AvgIpc) is 2.38. The zero-order chi connectivity index (χ0) is 13.0. The van der Waals surface area contributed by atoms with Crippen molar-refractivity contribution in [1.29, 1.82) is 0 Å². The fourth-order valence-corrected chi connectivity index (χ4v) is 2.04. The van der Waals surface area contributed by atoms with Gasteiger partial charge in [0.25, 0.3) is 0 Å². The predicted octanol–water partition coefficient (Wildman–Crippen LogP) is 4.15. The van der Waals surface area contributed by atoms with Crippen molar-refractivity contribution in [3.8, 4) is 0 Å². The molecule has 1 nitrogen and oxygen atoms in total. The second-order valence-electron chi connectivity index (χ2n) is 4.94. The van der Waals surface area contributed by atoms with Crippen molar-refractivity contribution < 1.29 is 0 Å². The first-order chi connectivity index (χ1) is 8.66. The monoisotopic (exact) mass is 239 g/mol. The van der Waals surface area contributed by atoms with Crippen LogP contribution in [-0.4, -0.2) is 0 Å². The van der Waals surface area contributed by atoms with Gasteiger partial charge in [-0.15, -0.1) is 0 Å². The molecular formula is C17H21N. The fourth-order valence-electron chi connectivity index (χ4n) is 2.04. The smallest absolute Gasteiger partial charge is 0.0294 e. The lowest BCUT2D eigenvalue weighted by Crippen LogP contribution is -2.18. The number of hydrogen-bond acceptors (Lipinski definition) is 1. The summed E-state index contributed by atoms with van der Waals surface area (Å²) >= 11 is 0. The maximum Gasteiger partial charge on any atom is 0.0294 e. The molecule has 0 fully saturated rings. The molecule has 0 radical (unpaired) electrons. The van der Waals surface area contributed by atoms with Crippen molar-refractivity contribution in [1.82, 2.24) is 5.32 Å². The second-order valence-corrected chi connectivity index (χ2v) is 4.94. The van der Waals surface area contributed by atoms with Gasteiger partial charge in [-0.25, -0.2) is 0 Å². The van der Waals surface area contributed by atoms with E-state index in [4.69, 9.17) is 0 Å². The fraction of sp³-hybridized carbons (Fsp3) is 0.294. The summed E-state index contributed by atoms with van der Waals surface area (Å²) in [6.07, 6.45) is 0. The van der Waals surface area contributed by atoms with E-state index in [1.54, 1.807) is 0 Å². The third-order valence-corrected chi connectivity index (χ3v) is 3.44. The van der Waals surface area contributed by atoms with Crippen LogP contribution in [0.25, 0.3) is 0 Å². The van der Waals surface area contributed by atoms with Gasteiger partial charge in [-0.2, -0.15) is 0 Å². The van der Waals surface area contributed by atoms with Crippen molar-refractivity contribution in [2.75, 3.05) is 0 Å². The number of benzene rings is 2. The van der Waals surface area contributed by atoms with Crippen molar-refractivity contribution in [3.63, 3.8) is 0 Å². The van der Waals surface area contributed by atoms with Crippen LogP contribution in [0.2, 0.25) is 0 Å². The first-order valence-corrected chi connectivity index (χ1v) is 6.51. The zero-order valence-electron chi connectivity index (χ0n) is 11.4. The van der Waals surface area contributed by atoms with E-state index >= 15 is 0 Å². The van der Waals surface area contributed by atoms with Gasteiger partial charge in [0.05, 0.1) is 0 Å². The molecule has 2 aromatic rings. The minimum atomic E-state index is 0.380. The van der Waals surface area contributed by atoms with Crippen molar-refractivity contribution >= 4 is 0 Å². The Hall–Kier alpha value is -1.60. The van der Waals surface area contributed by atoms with E-state index in [0.717, 1.165) is 6.54 Å². The van der Waals surface area contributed by atoms with Gasteiger partial charge in [0.2, 0.25) is 0 Å². The van der Waals surface area contributed by atoms with Gasteiger partial charge in [-0.3, -0.25) is 0 Å². The van der Waals surface area contributed by atoms with Crippen molar-refractivity contribution in [2.45, 2.75) is 33.4 Å². The molecule has 94 valence electrons. The molecule has 0 amide bonds. The van der Waals surface area contributed by atoms with E-state index in [0.29, 0.717) is 6.04 Å². The Morgan fingerprint density at radius 2 is 1.61 bits per heavy atom.